The average molecular weight is 291 g/mol. The molecule has 0 bridgehead atoms. The van der Waals surface area contributed by atoms with Gasteiger partial charge >= 0.3 is 0 Å². The van der Waals surface area contributed by atoms with Gasteiger partial charge in [-0.05, 0) is 24.8 Å². The molecule has 1 atom stereocenters. The molecule has 1 aliphatic carbocycles. The van der Waals surface area contributed by atoms with Gasteiger partial charge in [0.15, 0.2) is 0 Å². The van der Waals surface area contributed by atoms with Crippen LogP contribution in [0.4, 0.5) is 0 Å². The fourth-order valence-electron chi connectivity index (χ4n) is 1.94. The first kappa shape index (κ1) is 13.7. The number of carbonyl (C=O) groups is 1. The maximum Gasteiger partial charge on any atom is 0.270 e. The van der Waals surface area contributed by atoms with Crippen molar-refractivity contribution in [1.82, 2.24) is 9.47 Å². The third-order valence-electron chi connectivity index (χ3n) is 3.31. The lowest BCUT2D eigenvalue weighted by Crippen LogP contribution is -2.36. The number of aromatic nitrogens is 1. The first-order valence-corrected chi connectivity index (χ1v) is 6.61. The first-order valence-electron chi connectivity index (χ1n) is 5.86. The molecule has 0 aromatic carbocycles. The minimum atomic E-state index is -0.440. The summed E-state index contributed by atoms with van der Waals surface area (Å²) in [6.45, 7) is 0.337. The van der Waals surface area contributed by atoms with Crippen LogP contribution in [0.2, 0.25) is 10.2 Å². The van der Waals surface area contributed by atoms with E-state index in [-0.39, 0.29) is 5.91 Å². The van der Waals surface area contributed by atoms with Crippen molar-refractivity contribution < 1.29 is 9.90 Å². The van der Waals surface area contributed by atoms with Gasteiger partial charge in [-0.2, -0.15) is 0 Å². The van der Waals surface area contributed by atoms with Crippen LogP contribution >= 0.6 is 23.2 Å². The lowest BCUT2D eigenvalue weighted by atomic mass is 10.2. The van der Waals surface area contributed by atoms with Gasteiger partial charge in [0, 0.05) is 20.6 Å². The molecule has 100 valence electrons. The van der Waals surface area contributed by atoms with Crippen molar-refractivity contribution in [1.29, 1.82) is 0 Å². The lowest BCUT2D eigenvalue weighted by molar-refractivity contribution is 0.0637. The molecule has 0 spiro atoms. The van der Waals surface area contributed by atoms with Crippen molar-refractivity contribution in [2.75, 3.05) is 13.6 Å². The smallest absolute Gasteiger partial charge is 0.270 e. The van der Waals surface area contributed by atoms with E-state index >= 15 is 0 Å². The summed E-state index contributed by atoms with van der Waals surface area (Å²) in [4.78, 5) is 13.7. The fourth-order valence-corrected chi connectivity index (χ4v) is 2.31. The minimum absolute atomic E-state index is 0.189. The number of nitrogens with zero attached hydrogens (tertiary/aromatic N) is 2. The summed E-state index contributed by atoms with van der Waals surface area (Å²) < 4.78 is 1.55. The monoisotopic (exact) mass is 290 g/mol. The van der Waals surface area contributed by atoms with E-state index in [1.165, 1.54) is 4.90 Å². The van der Waals surface area contributed by atoms with E-state index in [4.69, 9.17) is 23.2 Å². The maximum atomic E-state index is 12.2. The Morgan fingerprint density at radius 1 is 1.61 bits per heavy atom. The summed E-state index contributed by atoms with van der Waals surface area (Å²) in [5.74, 6) is 0.159. The van der Waals surface area contributed by atoms with E-state index in [9.17, 15) is 9.90 Å². The van der Waals surface area contributed by atoms with Gasteiger partial charge in [-0.25, -0.2) is 0 Å². The molecular weight excluding hydrogens is 275 g/mol. The molecule has 1 saturated carbocycles. The maximum absolute atomic E-state index is 12.2. The topological polar surface area (TPSA) is 45.5 Å². The van der Waals surface area contributed by atoms with Crippen LogP contribution in [0.3, 0.4) is 0 Å². The average Bonchev–Trinajstić information content (AvgIpc) is 3.13. The first-order chi connectivity index (χ1) is 8.41. The van der Waals surface area contributed by atoms with E-state index < -0.39 is 6.10 Å². The minimum Gasteiger partial charge on any atom is -0.391 e. The highest BCUT2D eigenvalue weighted by atomic mass is 35.5. The van der Waals surface area contributed by atoms with Crippen molar-refractivity contribution in [3.05, 3.63) is 21.9 Å². The van der Waals surface area contributed by atoms with Crippen molar-refractivity contribution >= 4 is 29.1 Å². The number of carbonyl (C=O) groups excluding carboxylic acids is 1. The molecule has 1 amide bonds. The Morgan fingerprint density at radius 2 is 2.22 bits per heavy atom. The second-order valence-electron chi connectivity index (χ2n) is 4.82. The predicted molar refractivity (Wildman–Crippen MR) is 71.1 cm³/mol. The molecule has 1 aromatic rings. The Kier molecular flexibility index (Phi) is 3.90. The number of rotatable bonds is 4. The quantitative estimate of drug-likeness (QED) is 0.924. The van der Waals surface area contributed by atoms with Gasteiger partial charge in [-0.15, -0.1) is 0 Å². The predicted octanol–water partition coefficient (Wildman–Crippen LogP) is 2.17. The molecule has 4 nitrogen and oxygen atoms in total. The summed E-state index contributed by atoms with van der Waals surface area (Å²) in [7, 11) is 3.36. The van der Waals surface area contributed by atoms with Gasteiger partial charge < -0.3 is 14.6 Å². The molecule has 6 heteroatoms. The summed E-state index contributed by atoms with van der Waals surface area (Å²) >= 11 is 11.8. The highest BCUT2D eigenvalue weighted by molar-refractivity contribution is 6.41. The van der Waals surface area contributed by atoms with Crippen LogP contribution in [0.15, 0.2) is 6.07 Å². The normalized spacial score (nSPS) is 16.7. The van der Waals surface area contributed by atoms with Gasteiger partial charge in [0.25, 0.3) is 5.91 Å². The van der Waals surface area contributed by atoms with Crippen LogP contribution in [-0.2, 0) is 7.05 Å². The van der Waals surface area contributed by atoms with Crippen molar-refractivity contribution in [3.63, 3.8) is 0 Å². The van der Waals surface area contributed by atoms with E-state index in [1.54, 1.807) is 24.7 Å². The van der Waals surface area contributed by atoms with E-state index in [0.717, 1.165) is 12.8 Å². The Hall–Kier alpha value is -0.710. The molecule has 1 unspecified atom stereocenters. The summed E-state index contributed by atoms with van der Waals surface area (Å²) in [6.07, 6.45) is 1.65. The number of amides is 1. The summed E-state index contributed by atoms with van der Waals surface area (Å²) in [6, 6.07) is 1.55. The highest BCUT2D eigenvalue weighted by Gasteiger charge is 2.31. The van der Waals surface area contributed by atoms with Gasteiger partial charge in [0.05, 0.1) is 11.1 Å². The molecule has 0 aliphatic heterocycles. The third-order valence-corrected chi connectivity index (χ3v) is 4.15. The Morgan fingerprint density at radius 3 is 2.67 bits per heavy atom. The van der Waals surface area contributed by atoms with Crippen molar-refractivity contribution in [2.45, 2.75) is 18.9 Å². The van der Waals surface area contributed by atoms with E-state index in [2.05, 4.69) is 0 Å². The Labute approximate surface area is 116 Å². The molecule has 1 N–H and O–H groups in total. The standard InChI is InChI=1S/C12H16Cl2N2O2/c1-15(6-10(17)7-3-4-7)12(18)9-5-8(13)11(14)16(9)2/h5,7,10,17H,3-4,6H2,1-2H3. The van der Waals surface area contributed by atoms with Gasteiger partial charge in [-0.3, -0.25) is 4.79 Å². The van der Waals surface area contributed by atoms with Crippen molar-refractivity contribution in [3.8, 4) is 0 Å². The number of hydrogen-bond acceptors (Lipinski definition) is 2. The zero-order valence-electron chi connectivity index (χ0n) is 10.4. The molecule has 1 heterocycles. The van der Waals surface area contributed by atoms with Crippen LogP contribution < -0.4 is 0 Å². The number of aliphatic hydroxyl groups excluding tert-OH is 1. The summed E-state index contributed by atoms with van der Waals surface area (Å²) in [5, 5.41) is 10.5. The van der Waals surface area contributed by atoms with Crippen molar-refractivity contribution in [2.24, 2.45) is 13.0 Å². The van der Waals surface area contributed by atoms with Crippen LogP contribution in [0.1, 0.15) is 23.3 Å². The lowest BCUT2D eigenvalue weighted by Gasteiger charge is -2.21. The second-order valence-corrected chi connectivity index (χ2v) is 5.58. The third kappa shape index (κ3) is 2.66. The number of hydrogen-bond donors (Lipinski definition) is 1. The summed E-state index contributed by atoms with van der Waals surface area (Å²) in [5.41, 5.74) is 0.426. The molecule has 18 heavy (non-hydrogen) atoms. The molecule has 1 aromatic heterocycles. The van der Waals surface area contributed by atoms with Gasteiger partial charge in [0.1, 0.15) is 10.8 Å². The SMILES string of the molecule is CN(CC(O)C1CC1)C(=O)c1cc(Cl)c(Cl)n1C. The fraction of sp³-hybridized carbons (Fsp3) is 0.583. The van der Waals surface area contributed by atoms with Crippen LogP contribution in [-0.4, -0.2) is 40.2 Å². The number of likely N-dealkylation sites (N-methyl/N-ethyl adjacent to an activating group) is 1. The van der Waals surface area contributed by atoms with Crippen LogP contribution in [0, 0.1) is 5.92 Å². The molecular formula is C12H16Cl2N2O2. The van der Waals surface area contributed by atoms with Gasteiger partial charge in [0.2, 0.25) is 0 Å². The molecule has 2 rings (SSSR count). The molecule has 0 saturated heterocycles. The number of halogens is 2. The number of aliphatic hydroxyl groups is 1. The zero-order valence-corrected chi connectivity index (χ0v) is 11.9. The molecule has 0 radical (unpaired) electrons. The Balaban J connectivity index is 2.07. The molecule has 1 aliphatic rings. The largest absolute Gasteiger partial charge is 0.391 e. The van der Waals surface area contributed by atoms with E-state index in [1.807, 2.05) is 0 Å². The highest BCUT2D eigenvalue weighted by Crippen LogP contribution is 2.33. The van der Waals surface area contributed by atoms with Crippen LogP contribution in [0.5, 0.6) is 0 Å². The van der Waals surface area contributed by atoms with Gasteiger partial charge in [-0.1, -0.05) is 23.2 Å². The Bertz CT molecular complexity index is 469. The molecule has 1 fully saturated rings. The van der Waals surface area contributed by atoms with E-state index in [0.29, 0.717) is 28.3 Å². The zero-order chi connectivity index (χ0) is 13.4. The second kappa shape index (κ2) is 5.11. The van der Waals surface area contributed by atoms with Crippen LogP contribution in [0.25, 0.3) is 0 Å².